The van der Waals surface area contributed by atoms with E-state index in [9.17, 15) is 0 Å². The van der Waals surface area contributed by atoms with Crippen molar-refractivity contribution < 1.29 is 0 Å². The molecule has 1 aliphatic carbocycles. The van der Waals surface area contributed by atoms with Gasteiger partial charge in [0, 0.05) is 0 Å². The summed E-state index contributed by atoms with van der Waals surface area (Å²) in [4.78, 5) is 0. The van der Waals surface area contributed by atoms with Crippen LogP contribution in [0, 0.1) is 5.92 Å². The van der Waals surface area contributed by atoms with E-state index in [2.05, 4.69) is 25.7 Å². The molecule has 0 radical (unpaired) electrons. The lowest BCUT2D eigenvalue weighted by Crippen LogP contribution is -1.83. The van der Waals surface area contributed by atoms with E-state index in [0.717, 1.165) is 6.42 Å². The van der Waals surface area contributed by atoms with Crippen molar-refractivity contribution in [3.8, 4) is 0 Å². The van der Waals surface area contributed by atoms with Crippen LogP contribution in [-0.2, 0) is 0 Å². The summed E-state index contributed by atoms with van der Waals surface area (Å²) in [7, 11) is 0. The topological polar surface area (TPSA) is 0 Å². The molecule has 1 aliphatic rings. The van der Waals surface area contributed by atoms with E-state index in [0.29, 0.717) is 5.92 Å². The Morgan fingerprint density at radius 1 is 1.86 bits per heavy atom. The van der Waals surface area contributed by atoms with Crippen molar-refractivity contribution in [3.05, 3.63) is 24.3 Å². The van der Waals surface area contributed by atoms with Crippen molar-refractivity contribution in [2.75, 3.05) is 0 Å². The number of rotatable bonds is 0. The van der Waals surface area contributed by atoms with Crippen LogP contribution in [-0.4, -0.2) is 0 Å². The van der Waals surface area contributed by atoms with Gasteiger partial charge in [0.05, 0.1) is 0 Å². The smallest absolute Gasteiger partial charge is 0.00511 e. The van der Waals surface area contributed by atoms with Crippen molar-refractivity contribution in [2.24, 2.45) is 5.92 Å². The number of hydrogen-bond acceptors (Lipinski definition) is 0. The van der Waals surface area contributed by atoms with Gasteiger partial charge in [0.2, 0.25) is 0 Å². The van der Waals surface area contributed by atoms with Crippen LogP contribution >= 0.6 is 0 Å². The minimum Gasteiger partial charge on any atom is -0.0990 e. The SMILES string of the molecule is C=C1CC=C[C@H]1C. The molecular weight excluding hydrogens is 84.1 g/mol. The third-order valence-corrected chi connectivity index (χ3v) is 1.45. The first kappa shape index (κ1) is 4.63. The maximum absolute atomic E-state index is 3.87. The first-order chi connectivity index (χ1) is 3.30. The molecule has 0 unspecified atom stereocenters. The quantitative estimate of drug-likeness (QED) is 0.403. The molecule has 7 heavy (non-hydrogen) atoms. The van der Waals surface area contributed by atoms with Crippen LogP contribution in [0.15, 0.2) is 24.3 Å². The Labute approximate surface area is 44.5 Å². The van der Waals surface area contributed by atoms with Gasteiger partial charge in [0.1, 0.15) is 0 Å². The van der Waals surface area contributed by atoms with Crippen LogP contribution in [0.1, 0.15) is 13.3 Å². The first-order valence-electron chi connectivity index (χ1n) is 2.65. The molecule has 0 saturated carbocycles. The molecule has 0 aliphatic heterocycles. The highest BCUT2D eigenvalue weighted by molar-refractivity contribution is 5.18. The predicted octanol–water partition coefficient (Wildman–Crippen LogP) is 2.14. The summed E-state index contributed by atoms with van der Waals surface area (Å²) in [6.45, 7) is 6.05. The van der Waals surface area contributed by atoms with Crippen molar-refractivity contribution in [2.45, 2.75) is 13.3 Å². The van der Waals surface area contributed by atoms with Crippen molar-refractivity contribution in [1.29, 1.82) is 0 Å². The molecule has 1 rings (SSSR count). The monoisotopic (exact) mass is 94.1 g/mol. The molecule has 0 spiro atoms. The van der Waals surface area contributed by atoms with Gasteiger partial charge in [0.15, 0.2) is 0 Å². The molecule has 1 atom stereocenters. The molecule has 0 saturated heterocycles. The van der Waals surface area contributed by atoms with Crippen LogP contribution < -0.4 is 0 Å². The van der Waals surface area contributed by atoms with Crippen LogP contribution in [0.25, 0.3) is 0 Å². The second-order valence-corrected chi connectivity index (χ2v) is 2.08. The van der Waals surface area contributed by atoms with Crippen molar-refractivity contribution in [1.82, 2.24) is 0 Å². The van der Waals surface area contributed by atoms with Gasteiger partial charge >= 0.3 is 0 Å². The lowest BCUT2D eigenvalue weighted by Gasteiger charge is -1.96. The number of allylic oxidation sites excluding steroid dienone is 3. The Hall–Kier alpha value is -0.520. The molecule has 0 heteroatoms. The Kier molecular flexibility index (Phi) is 1.01. The Bertz CT molecular complexity index is 109. The molecule has 0 aromatic rings. The molecule has 0 heterocycles. The Balaban J connectivity index is 2.62. The molecule has 0 amide bonds. The fourth-order valence-electron chi connectivity index (χ4n) is 0.746. The molecule has 38 valence electrons. The fraction of sp³-hybridized carbons (Fsp3) is 0.429. The van der Waals surface area contributed by atoms with Gasteiger partial charge in [-0.05, 0) is 12.3 Å². The van der Waals surface area contributed by atoms with Gasteiger partial charge in [-0.25, -0.2) is 0 Å². The van der Waals surface area contributed by atoms with Gasteiger partial charge in [-0.3, -0.25) is 0 Å². The van der Waals surface area contributed by atoms with Crippen LogP contribution in [0.2, 0.25) is 0 Å². The van der Waals surface area contributed by atoms with Crippen molar-refractivity contribution >= 4 is 0 Å². The minimum atomic E-state index is 0.639. The maximum atomic E-state index is 3.87. The average Bonchev–Trinajstić information content (AvgIpc) is 1.91. The molecule has 0 N–H and O–H groups in total. The average molecular weight is 94.2 g/mol. The number of hydrogen-bond donors (Lipinski definition) is 0. The van der Waals surface area contributed by atoms with E-state index in [1.165, 1.54) is 5.57 Å². The van der Waals surface area contributed by atoms with E-state index < -0.39 is 0 Å². The summed E-state index contributed by atoms with van der Waals surface area (Å²) in [5.74, 6) is 0.639. The molecule has 0 nitrogen and oxygen atoms in total. The third kappa shape index (κ3) is 0.738. The van der Waals surface area contributed by atoms with E-state index in [4.69, 9.17) is 0 Å². The zero-order valence-electron chi connectivity index (χ0n) is 4.65. The summed E-state index contributed by atoms with van der Waals surface area (Å²) in [6, 6.07) is 0. The molecule has 0 aromatic carbocycles. The van der Waals surface area contributed by atoms with Gasteiger partial charge in [-0.2, -0.15) is 0 Å². The molecule has 0 fully saturated rings. The summed E-state index contributed by atoms with van der Waals surface area (Å²) >= 11 is 0. The molecular formula is C7H10. The van der Waals surface area contributed by atoms with Gasteiger partial charge < -0.3 is 0 Å². The fourth-order valence-corrected chi connectivity index (χ4v) is 0.746. The summed E-state index contributed by atoms with van der Waals surface area (Å²) in [6.07, 6.45) is 5.47. The Morgan fingerprint density at radius 2 is 2.57 bits per heavy atom. The van der Waals surface area contributed by atoms with Crippen molar-refractivity contribution in [3.63, 3.8) is 0 Å². The largest absolute Gasteiger partial charge is 0.0990 e. The highest BCUT2D eigenvalue weighted by Gasteiger charge is 2.04. The molecule has 0 bridgehead atoms. The van der Waals surface area contributed by atoms with Crippen LogP contribution in [0.3, 0.4) is 0 Å². The van der Waals surface area contributed by atoms with Gasteiger partial charge in [0.25, 0.3) is 0 Å². The zero-order chi connectivity index (χ0) is 5.28. The summed E-state index contributed by atoms with van der Waals surface area (Å²) in [5, 5.41) is 0. The van der Waals surface area contributed by atoms with Crippen LogP contribution in [0.4, 0.5) is 0 Å². The minimum absolute atomic E-state index is 0.639. The normalized spacial score (nSPS) is 29.3. The Morgan fingerprint density at radius 3 is 2.71 bits per heavy atom. The highest BCUT2D eigenvalue weighted by atomic mass is 14.1. The molecule has 0 aromatic heterocycles. The summed E-state index contributed by atoms with van der Waals surface area (Å²) < 4.78 is 0. The van der Waals surface area contributed by atoms with E-state index in [1.807, 2.05) is 0 Å². The standard InChI is InChI=1S/C7H10/c1-6-4-3-5-7(6)2/h3,5,7H,1,4H2,2H3/t7-/m1/s1. The maximum Gasteiger partial charge on any atom is -0.00511 e. The van der Waals surface area contributed by atoms with E-state index in [1.54, 1.807) is 0 Å². The highest BCUT2D eigenvalue weighted by Crippen LogP contribution is 2.20. The second-order valence-electron chi connectivity index (χ2n) is 2.08. The van der Waals surface area contributed by atoms with E-state index in [-0.39, 0.29) is 0 Å². The lowest BCUT2D eigenvalue weighted by molar-refractivity contribution is 0.884. The predicted molar refractivity (Wildman–Crippen MR) is 32.1 cm³/mol. The third-order valence-electron chi connectivity index (χ3n) is 1.45. The lowest BCUT2D eigenvalue weighted by atomic mass is 10.1. The van der Waals surface area contributed by atoms with Gasteiger partial charge in [-0.1, -0.05) is 31.2 Å². The zero-order valence-corrected chi connectivity index (χ0v) is 4.65. The first-order valence-corrected chi connectivity index (χ1v) is 2.65. The van der Waals surface area contributed by atoms with Crippen LogP contribution in [0.5, 0.6) is 0 Å². The second kappa shape index (κ2) is 1.53. The summed E-state index contributed by atoms with van der Waals surface area (Å²) in [5.41, 5.74) is 1.35. The van der Waals surface area contributed by atoms with E-state index >= 15 is 0 Å². The van der Waals surface area contributed by atoms with Gasteiger partial charge in [-0.15, -0.1) is 0 Å².